The van der Waals surface area contributed by atoms with Crippen LogP contribution in [0.25, 0.3) is 0 Å². The van der Waals surface area contributed by atoms with Gasteiger partial charge in [-0.2, -0.15) is 10.1 Å². The van der Waals surface area contributed by atoms with Crippen molar-refractivity contribution in [1.29, 1.82) is 0 Å². The molecular weight excluding hydrogens is 352 g/mol. The van der Waals surface area contributed by atoms with Crippen molar-refractivity contribution in [1.82, 2.24) is 14.8 Å². The lowest BCUT2D eigenvalue weighted by atomic mass is 9.93. The number of nitrogens with zero attached hydrogens (tertiary/aromatic N) is 3. The minimum Gasteiger partial charge on any atom is -0.496 e. The molecule has 2 heterocycles. The van der Waals surface area contributed by atoms with Gasteiger partial charge in [-0.15, -0.1) is 0 Å². The number of benzene rings is 1. The van der Waals surface area contributed by atoms with E-state index in [2.05, 4.69) is 15.4 Å². The molecule has 1 N–H and O–H groups in total. The van der Waals surface area contributed by atoms with Crippen LogP contribution in [0.5, 0.6) is 17.2 Å². The Labute approximate surface area is 156 Å². The molecule has 0 spiro atoms. The van der Waals surface area contributed by atoms with Crippen LogP contribution in [-0.2, 0) is 9.53 Å². The zero-order valence-corrected chi connectivity index (χ0v) is 15.9. The van der Waals surface area contributed by atoms with Gasteiger partial charge in [-0.05, 0) is 12.5 Å². The van der Waals surface area contributed by atoms with E-state index in [-0.39, 0.29) is 0 Å². The van der Waals surface area contributed by atoms with Gasteiger partial charge in [-0.25, -0.2) is 9.48 Å². The van der Waals surface area contributed by atoms with Gasteiger partial charge in [0.1, 0.15) is 18.1 Å². The summed E-state index contributed by atoms with van der Waals surface area (Å²) in [5.41, 5.74) is 1.82. The number of rotatable bonds is 6. The summed E-state index contributed by atoms with van der Waals surface area (Å²) < 4.78 is 23.0. The molecule has 27 heavy (non-hydrogen) atoms. The number of hydrogen-bond acceptors (Lipinski definition) is 8. The van der Waals surface area contributed by atoms with Gasteiger partial charge in [0.05, 0.1) is 34.0 Å². The van der Waals surface area contributed by atoms with Gasteiger partial charge in [0.2, 0.25) is 5.95 Å². The number of allylic oxidation sites excluding steroid dienone is 1. The molecule has 9 nitrogen and oxygen atoms in total. The number of ether oxygens (including phenoxy) is 4. The maximum absolute atomic E-state index is 12.7. The molecule has 0 amide bonds. The van der Waals surface area contributed by atoms with Crippen molar-refractivity contribution in [2.24, 2.45) is 0 Å². The van der Waals surface area contributed by atoms with Crippen LogP contribution in [0, 0.1) is 0 Å². The first-order chi connectivity index (χ1) is 13.1. The largest absolute Gasteiger partial charge is 0.496 e. The second-order valence-electron chi connectivity index (χ2n) is 5.74. The van der Waals surface area contributed by atoms with Crippen molar-refractivity contribution >= 4 is 11.9 Å². The smallest absolute Gasteiger partial charge is 0.338 e. The maximum atomic E-state index is 12.7. The molecule has 0 fully saturated rings. The first-order valence-corrected chi connectivity index (χ1v) is 8.37. The minimum absolute atomic E-state index is 0.434. The van der Waals surface area contributed by atoms with Crippen LogP contribution < -0.4 is 19.5 Å². The molecule has 1 unspecified atom stereocenters. The minimum atomic E-state index is -0.596. The van der Waals surface area contributed by atoms with E-state index >= 15 is 0 Å². The molecule has 1 aliphatic rings. The molecule has 0 saturated heterocycles. The molecule has 1 aromatic heterocycles. The highest BCUT2D eigenvalue weighted by Crippen LogP contribution is 2.44. The summed E-state index contributed by atoms with van der Waals surface area (Å²) in [6.45, 7) is 1.94. The monoisotopic (exact) mass is 374 g/mol. The normalized spacial score (nSPS) is 15.7. The highest BCUT2D eigenvalue weighted by Gasteiger charge is 2.37. The number of hydrogen-bond donors (Lipinski definition) is 1. The van der Waals surface area contributed by atoms with E-state index in [1.165, 1.54) is 13.4 Å². The summed E-state index contributed by atoms with van der Waals surface area (Å²) in [7, 11) is 6.00. The van der Waals surface area contributed by atoms with Crippen molar-refractivity contribution in [2.45, 2.75) is 19.4 Å². The van der Waals surface area contributed by atoms with Crippen LogP contribution in [0.3, 0.4) is 0 Å². The lowest BCUT2D eigenvalue weighted by Crippen LogP contribution is -2.30. The zero-order chi connectivity index (χ0) is 19.6. The molecule has 1 aliphatic heterocycles. The number of esters is 1. The van der Waals surface area contributed by atoms with E-state index in [4.69, 9.17) is 18.9 Å². The second kappa shape index (κ2) is 7.56. The predicted octanol–water partition coefficient (Wildman–Crippen LogP) is 2.16. The Morgan fingerprint density at radius 3 is 2.37 bits per heavy atom. The Morgan fingerprint density at radius 1 is 1.11 bits per heavy atom. The number of aromatic nitrogens is 3. The molecule has 0 saturated carbocycles. The van der Waals surface area contributed by atoms with Gasteiger partial charge in [-0.3, -0.25) is 0 Å². The first-order valence-electron chi connectivity index (χ1n) is 8.37. The fourth-order valence-electron chi connectivity index (χ4n) is 3.20. The average Bonchev–Trinajstić information content (AvgIpc) is 3.18. The van der Waals surface area contributed by atoms with Gasteiger partial charge in [0.15, 0.2) is 11.5 Å². The van der Waals surface area contributed by atoms with Crippen molar-refractivity contribution in [3.8, 4) is 17.2 Å². The Bertz CT molecular complexity index is 890. The Balaban J connectivity index is 2.30. The van der Waals surface area contributed by atoms with Crippen LogP contribution in [0.4, 0.5) is 5.95 Å². The topological polar surface area (TPSA) is 96.7 Å². The van der Waals surface area contributed by atoms with Gasteiger partial charge >= 0.3 is 5.97 Å². The molecule has 144 valence electrons. The van der Waals surface area contributed by atoms with Crippen molar-refractivity contribution in [3.05, 3.63) is 35.3 Å². The van der Waals surface area contributed by atoms with Crippen molar-refractivity contribution < 1.29 is 23.7 Å². The number of nitrogens with one attached hydrogen (secondary N) is 1. The lowest BCUT2D eigenvalue weighted by molar-refractivity contribution is -0.136. The predicted molar refractivity (Wildman–Crippen MR) is 97.2 cm³/mol. The van der Waals surface area contributed by atoms with E-state index < -0.39 is 12.0 Å². The summed E-state index contributed by atoms with van der Waals surface area (Å²) in [5.74, 6) is 1.63. The third-order valence-electron chi connectivity index (χ3n) is 4.47. The molecular formula is C18H22N4O5. The molecule has 9 heteroatoms. The molecule has 0 bridgehead atoms. The molecule has 0 aliphatic carbocycles. The molecule has 3 rings (SSSR count). The maximum Gasteiger partial charge on any atom is 0.338 e. The third kappa shape index (κ3) is 3.05. The van der Waals surface area contributed by atoms with Crippen LogP contribution >= 0.6 is 0 Å². The molecule has 1 atom stereocenters. The lowest BCUT2D eigenvalue weighted by Gasteiger charge is -2.30. The zero-order valence-electron chi connectivity index (χ0n) is 15.9. The van der Waals surface area contributed by atoms with Crippen molar-refractivity contribution in [3.63, 3.8) is 0 Å². The summed E-state index contributed by atoms with van der Waals surface area (Å²) in [5, 5.41) is 7.45. The summed E-state index contributed by atoms with van der Waals surface area (Å²) in [6.07, 6.45) is 2.01. The van der Waals surface area contributed by atoms with Crippen LogP contribution in [-0.4, -0.2) is 49.2 Å². The standard InChI is InChI=1S/C18H22N4O5/c1-6-11-15(17(23)27-5)16(22-18(21-11)19-9-20-22)10-7-13(25-3)14(26-4)8-12(10)24-2/h7-9,16H,6H2,1-5H3,(H,19,20,21). The van der Waals surface area contributed by atoms with Gasteiger partial charge < -0.3 is 24.3 Å². The average molecular weight is 374 g/mol. The Morgan fingerprint density at radius 2 is 1.78 bits per heavy atom. The van der Waals surface area contributed by atoms with Crippen molar-refractivity contribution in [2.75, 3.05) is 33.8 Å². The number of carbonyl (C=O) groups excluding carboxylic acids is 1. The molecule has 2 aromatic rings. The number of anilines is 1. The molecule has 0 radical (unpaired) electrons. The van der Waals surface area contributed by atoms with Crippen LogP contribution in [0.1, 0.15) is 24.9 Å². The first kappa shape index (κ1) is 18.6. The summed E-state index contributed by atoms with van der Waals surface area (Å²) in [6, 6.07) is 2.89. The van der Waals surface area contributed by atoms with Gasteiger partial charge in [-0.1, -0.05) is 6.92 Å². The van der Waals surface area contributed by atoms with Gasteiger partial charge in [0.25, 0.3) is 0 Å². The Kier molecular flexibility index (Phi) is 5.20. The fourth-order valence-corrected chi connectivity index (χ4v) is 3.20. The number of fused-ring (bicyclic) bond motifs is 1. The highest BCUT2D eigenvalue weighted by atomic mass is 16.5. The van der Waals surface area contributed by atoms with E-state index in [0.29, 0.717) is 46.5 Å². The van der Waals surface area contributed by atoms with E-state index in [0.717, 1.165) is 0 Å². The van der Waals surface area contributed by atoms with E-state index in [1.807, 2.05) is 6.92 Å². The fraction of sp³-hybridized carbons (Fsp3) is 0.389. The van der Waals surface area contributed by atoms with Crippen LogP contribution in [0.15, 0.2) is 29.7 Å². The second-order valence-corrected chi connectivity index (χ2v) is 5.74. The van der Waals surface area contributed by atoms with E-state index in [9.17, 15) is 4.79 Å². The summed E-state index contributed by atoms with van der Waals surface area (Å²) in [4.78, 5) is 16.9. The third-order valence-corrected chi connectivity index (χ3v) is 4.47. The Hall–Kier alpha value is -3.23. The van der Waals surface area contributed by atoms with E-state index in [1.54, 1.807) is 38.1 Å². The SMILES string of the molecule is CCC1=C(C(=O)OC)C(c2cc(OC)c(OC)cc2OC)n2ncnc2N1. The quantitative estimate of drug-likeness (QED) is 0.769. The highest BCUT2D eigenvalue weighted by molar-refractivity contribution is 5.92. The number of methoxy groups -OCH3 is 4. The molecule has 1 aromatic carbocycles. The van der Waals surface area contributed by atoms with Gasteiger partial charge in [0, 0.05) is 17.3 Å². The summed E-state index contributed by atoms with van der Waals surface area (Å²) >= 11 is 0. The number of carbonyl (C=O) groups is 1. The van der Waals surface area contributed by atoms with Crippen LogP contribution in [0.2, 0.25) is 0 Å².